The monoisotopic (exact) mass is 168 g/mol. The SMILES string of the molecule is CC1(F)CCc2ccc(F)cc21. The van der Waals surface area contributed by atoms with Crippen molar-refractivity contribution < 1.29 is 8.78 Å². The summed E-state index contributed by atoms with van der Waals surface area (Å²) in [5, 5.41) is 0. The maximum absolute atomic E-state index is 13.6. The molecule has 12 heavy (non-hydrogen) atoms. The van der Waals surface area contributed by atoms with Crippen molar-refractivity contribution in [3.63, 3.8) is 0 Å². The van der Waals surface area contributed by atoms with Gasteiger partial charge < -0.3 is 0 Å². The Labute approximate surface area is 70.2 Å². The fourth-order valence-corrected chi connectivity index (χ4v) is 1.76. The van der Waals surface area contributed by atoms with E-state index in [0.717, 1.165) is 12.0 Å². The molecule has 1 unspecified atom stereocenters. The number of hydrogen-bond acceptors (Lipinski definition) is 0. The quantitative estimate of drug-likeness (QED) is 0.558. The largest absolute Gasteiger partial charge is 0.239 e. The van der Waals surface area contributed by atoms with Crippen molar-refractivity contribution in [1.82, 2.24) is 0 Å². The smallest absolute Gasteiger partial charge is 0.133 e. The Bertz CT molecular complexity index is 316. The summed E-state index contributed by atoms with van der Waals surface area (Å²) in [7, 11) is 0. The number of rotatable bonds is 0. The molecule has 1 aliphatic rings. The molecule has 0 nitrogen and oxygen atoms in total. The van der Waals surface area contributed by atoms with Crippen molar-refractivity contribution in [3.8, 4) is 0 Å². The molecule has 1 atom stereocenters. The van der Waals surface area contributed by atoms with Crippen LogP contribution in [0.1, 0.15) is 24.5 Å². The number of halogens is 2. The maximum atomic E-state index is 13.6. The van der Waals surface area contributed by atoms with Crippen LogP contribution in [0.5, 0.6) is 0 Å². The van der Waals surface area contributed by atoms with Gasteiger partial charge in [-0.05, 0) is 43.0 Å². The topological polar surface area (TPSA) is 0 Å². The summed E-state index contributed by atoms with van der Waals surface area (Å²) in [5.41, 5.74) is 0.154. The summed E-state index contributed by atoms with van der Waals surface area (Å²) < 4.78 is 26.4. The van der Waals surface area contributed by atoms with Crippen molar-refractivity contribution in [1.29, 1.82) is 0 Å². The van der Waals surface area contributed by atoms with E-state index in [4.69, 9.17) is 0 Å². The van der Waals surface area contributed by atoms with Crippen LogP contribution in [-0.2, 0) is 12.1 Å². The minimum atomic E-state index is -1.32. The minimum Gasteiger partial charge on any atom is -0.239 e. The van der Waals surface area contributed by atoms with Gasteiger partial charge in [-0.2, -0.15) is 0 Å². The van der Waals surface area contributed by atoms with Crippen LogP contribution < -0.4 is 0 Å². The zero-order valence-electron chi connectivity index (χ0n) is 6.90. The third kappa shape index (κ3) is 1.02. The Kier molecular flexibility index (Phi) is 1.47. The van der Waals surface area contributed by atoms with E-state index < -0.39 is 5.67 Å². The van der Waals surface area contributed by atoms with Gasteiger partial charge in [0.05, 0.1) is 0 Å². The fraction of sp³-hybridized carbons (Fsp3) is 0.400. The van der Waals surface area contributed by atoms with E-state index >= 15 is 0 Å². The van der Waals surface area contributed by atoms with Crippen molar-refractivity contribution >= 4 is 0 Å². The first-order chi connectivity index (χ1) is 5.59. The summed E-state index contributed by atoms with van der Waals surface area (Å²) in [5.74, 6) is -0.348. The first kappa shape index (κ1) is 7.71. The number of benzene rings is 1. The molecule has 1 aromatic carbocycles. The van der Waals surface area contributed by atoms with Gasteiger partial charge in [0, 0.05) is 0 Å². The lowest BCUT2D eigenvalue weighted by Gasteiger charge is -2.13. The van der Waals surface area contributed by atoms with E-state index in [1.165, 1.54) is 19.1 Å². The Morgan fingerprint density at radius 2 is 2.17 bits per heavy atom. The van der Waals surface area contributed by atoms with E-state index in [-0.39, 0.29) is 5.82 Å². The Hall–Kier alpha value is -0.920. The first-order valence-corrected chi connectivity index (χ1v) is 4.07. The Morgan fingerprint density at radius 3 is 2.92 bits per heavy atom. The van der Waals surface area contributed by atoms with Crippen LogP contribution in [0.2, 0.25) is 0 Å². The predicted octanol–water partition coefficient (Wildman–Crippen LogP) is 2.96. The second-order valence-electron chi connectivity index (χ2n) is 3.50. The van der Waals surface area contributed by atoms with Crippen LogP contribution in [0.15, 0.2) is 18.2 Å². The van der Waals surface area contributed by atoms with E-state index in [1.54, 1.807) is 6.07 Å². The zero-order chi connectivity index (χ0) is 8.77. The average Bonchev–Trinajstić information content (AvgIpc) is 2.28. The standard InChI is InChI=1S/C10H10F2/c1-10(12)5-4-7-2-3-8(11)6-9(7)10/h2-3,6H,4-5H2,1H3. The average molecular weight is 168 g/mol. The van der Waals surface area contributed by atoms with Crippen LogP contribution in [0, 0.1) is 5.82 Å². The van der Waals surface area contributed by atoms with Crippen LogP contribution >= 0.6 is 0 Å². The minimum absolute atomic E-state index is 0.348. The van der Waals surface area contributed by atoms with E-state index in [1.807, 2.05) is 0 Å². The highest BCUT2D eigenvalue weighted by Gasteiger charge is 2.34. The van der Waals surface area contributed by atoms with E-state index in [0.29, 0.717) is 12.0 Å². The van der Waals surface area contributed by atoms with E-state index in [9.17, 15) is 8.78 Å². The van der Waals surface area contributed by atoms with E-state index in [2.05, 4.69) is 0 Å². The normalized spacial score (nSPS) is 27.2. The van der Waals surface area contributed by atoms with Gasteiger partial charge in [-0.1, -0.05) is 6.07 Å². The molecule has 1 aromatic rings. The van der Waals surface area contributed by atoms with Crippen LogP contribution in [0.3, 0.4) is 0 Å². The van der Waals surface area contributed by atoms with Gasteiger partial charge in [0.2, 0.25) is 0 Å². The highest BCUT2D eigenvalue weighted by atomic mass is 19.1. The van der Waals surface area contributed by atoms with Crippen LogP contribution in [0.25, 0.3) is 0 Å². The lowest BCUT2D eigenvalue weighted by molar-refractivity contribution is 0.193. The Morgan fingerprint density at radius 1 is 1.42 bits per heavy atom. The lowest BCUT2D eigenvalue weighted by atomic mass is 10.0. The van der Waals surface area contributed by atoms with Gasteiger partial charge in [0.25, 0.3) is 0 Å². The molecule has 0 amide bonds. The van der Waals surface area contributed by atoms with Gasteiger partial charge in [-0.25, -0.2) is 8.78 Å². The second kappa shape index (κ2) is 2.28. The highest BCUT2D eigenvalue weighted by molar-refractivity contribution is 5.36. The molecule has 64 valence electrons. The van der Waals surface area contributed by atoms with Gasteiger partial charge in [0.15, 0.2) is 0 Å². The van der Waals surface area contributed by atoms with Gasteiger partial charge in [-0.3, -0.25) is 0 Å². The van der Waals surface area contributed by atoms with Gasteiger partial charge in [-0.15, -0.1) is 0 Å². The van der Waals surface area contributed by atoms with Crippen molar-refractivity contribution in [2.45, 2.75) is 25.4 Å². The molecule has 0 saturated carbocycles. The molecule has 0 heterocycles. The highest BCUT2D eigenvalue weighted by Crippen LogP contribution is 2.39. The molecule has 0 spiro atoms. The molecule has 0 aliphatic heterocycles. The third-order valence-corrected chi connectivity index (χ3v) is 2.50. The third-order valence-electron chi connectivity index (χ3n) is 2.50. The second-order valence-corrected chi connectivity index (χ2v) is 3.50. The molecule has 2 heteroatoms. The summed E-state index contributed by atoms with van der Waals surface area (Å²) in [4.78, 5) is 0. The van der Waals surface area contributed by atoms with Crippen LogP contribution in [-0.4, -0.2) is 0 Å². The fourth-order valence-electron chi connectivity index (χ4n) is 1.76. The molecular weight excluding hydrogens is 158 g/mol. The van der Waals surface area contributed by atoms with Crippen molar-refractivity contribution in [3.05, 3.63) is 35.1 Å². The predicted molar refractivity (Wildman–Crippen MR) is 43.2 cm³/mol. The molecule has 0 aromatic heterocycles. The summed E-state index contributed by atoms with van der Waals surface area (Å²) in [6, 6.07) is 4.37. The molecule has 1 aliphatic carbocycles. The van der Waals surface area contributed by atoms with Gasteiger partial charge in [0.1, 0.15) is 11.5 Å². The molecule has 0 fully saturated rings. The van der Waals surface area contributed by atoms with Crippen LogP contribution in [0.4, 0.5) is 8.78 Å². The molecule has 0 N–H and O–H groups in total. The molecular formula is C10H10F2. The molecule has 0 radical (unpaired) electrons. The lowest BCUT2D eigenvalue weighted by Crippen LogP contribution is -2.09. The first-order valence-electron chi connectivity index (χ1n) is 4.07. The summed E-state index contributed by atoms with van der Waals surface area (Å²) in [6.07, 6.45) is 1.20. The van der Waals surface area contributed by atoms with Gasteiger partial charge >= 0.3 is 0 Å². The number of fused-ring (bicyclic) bond motifs is 1. The molecule has 0 saturated heterocycles. The number of alkyl halides is 1. The summed E-state index contributed by atoms with van der Waals surface area (Å²) in [6.45, 7) is 1.51. The van der Waals surface area contributed by atoms with Crippen molar-refractivity contribution in [2.24, 2.45) is 0 Å². The zero-order valence-corrected chi connectivity index (χ0v) is 6.90. The maximum Gasteiger partial charge on any atom is 0.133 e. The van der Waals surface area contributed by atoms with Crippen molar-refractivity contribution in [2.75, 3.05) is 0 Å². The molecule has 2 rings (SSSR count). The Balaban J connectivity index is 2.57. The molecule has 0 bridgehead atoms. The number of aryl methyl sites for hydroxylation is 1. The number of hydrogen-bond donors (Lipinski definition) is 0. The summed E-state index contributed by atoms with van der Waals surface area (Å²) >= 11 is 0.